The standard InChI is InChI=1S/C6H11N3OS/c1-3-10-4-5-8-9-6(7-2)11-5/h3-4H2,1-2H3,(H,7,9). The van der Waals surface area contributed by atoms with Crippen LogP contribution in [0.4, 0.5) is 5.13 Å². The second kappa shape index (κ2) is 4.25. The van der Waals surface area contributed by atoms with Gasteiger partial charge in [0.2, 0.25) is 5.13 Å². The van der Waals surface area contributed by atoms with Crippen LogP contribution in [0.1, 0.15) is 11.9 Å². The van der Waals surface area contributed by atoms with E-state index in [1.54, 1.807) is 0 Å². The van der Waals surface area contributed by atoms with Crippen LogP contribution in [0.5, 0.6) is 0 Å². The van der Waals surface area contributed by atoms with Crippen LogP contribution in [0.15, 0.2) is 0 Å². The largest absolute Gasteiger partial charge is 0.374 e. The van der Waals surface area contributed by atoms with Gasteiger partial charge in [-0.1, -0.05) is 11.3 Å². The van der Waals surface area contributed by atoms with Gasteiger partial charge in [0.1, 0.15) is 11.6 Å². The van der Waals surface area contributed by atoms with Gasteiger partial charge in [0.05, 0.1) is 0 Å². The first-order valence-electron chi connectivity index (χ1n) is 3.44. The van der Waals surface area contributed by atoms with Crippen molar-refractivity contribution in [3.05, 3.63) is 5.01 Å². The lowest BCUT2D eigenvalue weighted by molar-refractivity contribution is 0.133. The Bertz CT molecular complexity index is 213. The summed E-state index contributed by atoms with van der Waals surface area (Å²) >= 11 is 1.51. The molecule has 1 aromatic rings. The molecule has 0 atom stereocenters. The Balaban J connectivity index is 2.44. The van der Waals surface area contributed by atoms with Crippen molar-refractivity contribution in [1.29, 1.82) is 0 Å². The lowest BCUT2D eigenvalue weighted by Crippen LogP contribution is -1.90. The predicted molar refractivity (Wildman–Crippen MR) is 44.8 cm³/mol. The second-order valence-corrected chi connectivity index (χ2v) is 2.95. The van der Waals surface area contributed by atoms with E-state index in [9.17, 15) is 0 Å². The van der Waals surface area contributed by atoms with Crippen LogP contribution in [0.25, 0.3) is 0 Å². The minimum Gasteiger partial charge on any atom is -0.374 e. The highest BCUT2D eigenvalue weighted by atomic mass is 32.1. The quantitative estimate of drug-likeness (QED) is 0.741. The van der Waals surface area contributed by atoms with Gasteiger partial charge in [0.25, 0.3) is 0 Å². The molecule has 0 aliphatic rings. The van der Waals surface area contributed by atoms with E-state index < -0.39 is 0 Å². The second-order valence-electron chi connectivity index (χ2n) is 1.89. The van der Waals surface area contributed by atoms with Crippen molar-refractivity contribution in [2.45, 2.75) is 13.5 Å². The monoisotopic (exact) mass is 173 g/mol. The number of ether oxygens (including phenoxy) is 1. The van der Waals surface area contributed by atoms with Crippen molar-refractivity contribution in [1.82, 2.24) is 10.2 Å². The molecule has 0 aliphatic heterocycles. The van der Waals surface area contributed by atoms with Crippen molar-refractivity contribution in [2.75, 3.05) is 19.0 Å². The van der Waals surface area contributed by atoms with Crippen molar-refractivity contribution >= 4 is 16.5 Å². The first-order valence-corrected chi connectivity index (χ1v) is 4.26. The number of rotatable bonds is 4. The van der Waals surface area contributed by atoms with Gasteiger partial charge in [-0.2, -0.15) is 0 Å². The molecule has 0 fully saturated rings. The first kappa shape index (κ1) is 8.42. The third kappa shape index (κ3) is 2.44. The van der Waals surface area contributed by atoms with Gasteiger partial charge in [-0.05, 0) is 6.92 Å². The zero-order valence-electron chi connectivity index (χ0n) is 6.63. The van der Waals surface area contributed by atoms with E-state index in [1.165, 1.54) is 11.3 Å². The number of aromatic nitrogens is 2. The Hall–Kier alpha value is -0.680. The van der Waals surface area contributed by atoms with Gasteiger partial charge < -0.3 is 10.1 Å². The summed E-state index contributed by atoms with van der Waals surface area (Å²) in [6.07, 6.45) is 0. The third-order valence-electron chi connectivity index (χ3n) is 1.11. The summed E-state index contributed by atoms with van der Waals surface area (Å²) in [5.74, 6) is 0. The van der Waals surface area contributed by atoms with Gasteiger partial charge in [0.15, 0.2) is 0 Å². The molecule has 11 heavy (non-hydrogen) atoms. The van der Waals surface area contributed by atoms with Crippen LogP contribution in [-0.4, -0.2) is 23.9 Å². The predicted octanol–water partition coefficient (Wildman–Crippen LogP) is 1.12. The molecule has 0 unspecified atom stereocenters. The van der Waals surface area contributed by atoms with Crippen LogP contribution >= 0.6 is 11.3 Å². The lowest BCUT2D eigenvalue weighted by Gasteiger charge is -1.92. The van der Waals surface area contributed by atoms with Gasteiger partial charge in [-0.15, -0.1) is 10.2 Å². The molecule has 1 N–H and O–H groups in total. The minimum absolute atomic E-state index is 0.565. The van der Waals surface area contributed by atoms with E-state index in [4.69, 9.17) is 4.74 Å². The van der Waals surface area contributed by atoms with E-state index in [2.05, 4.69) is 15.5 Å². The van der Waals surface area contributed by atoms with E-state index in [1.807, 2.05) is 14.0 Å². The molecule has 0 amide bonds. The molecule has 1 heterocycles. The van der Waals surface area contributed by atoms with E-state index in [0.717, 1.165) is 10.1 Å². The summed E-state index contributed by atoms with van der Waals surface area (Å²) in [7, 11) is 1.82. The van der Waals surface area contributed by atoms with Gasteiger partial charge >= 0.3 is 0 Å². The van der Waals surface area contributed by atoms with Crippen LogP contribution in [0, 0.1) is 0 Å². The van der Waals surface area contributed by atoms with Crippen LogP contribution < -0.4 is 5.32 Å². The molecule has 1 aromatic heterocycles. The van der Waals surface area contributed by atoms with E-state index >= 15 is 0 Å². The molecule has 5 heteroatoms. The summed E-state index contributed by atoms with van der Waals surface area (Å²) in [4.78, 5) is 0. The smallest absolute Gasteiger partial charge is 0.205 e. The molecular weight excluding hydrogens is 162 g/mol. The Labute approximate surface area is 69.6 Å². The molecule has 0 spiro atoms. The summed E-state index contributed by atoms with van der Waals surface area (Å²) in [5, 5.41) is 12.4. The zero-order valence-corrected chi connectivity index (χ0v) is 7.44. The average molecular weight is 173 g/mol. The van der Waals surface area contributed by atoms with Crippen LogP contribution in [0.3, 0.4) is 0 Å². The summed E-state index contributed by atoms with van der Waals surface area (Å²) in [6.45, 7) is 3.24. The number of hydrogen-bond donors (Lipinski definition) is 1. The highest BCUT2D eigenvalue weighted by Crippen LogP contribution is 2.14. The number of nitrogens with one attached hydrogen (secondary N) is 1. The van der Waals surface area contributed by atoms with E-state index in [-0.39, 0.29) is 0 Å². The van der Waals surface area contributed by atoms with Crippen molar-refractivity contribution < 1.29 is 4.74 Å². The molecule has 0 aromatic carbocycles. The summed E-state index contributed by atoms with van der Waals surface area (Å²) in [5.41, 5.74) is 0. The Morgan fingerprint density at radius 1 is 1.55 bits per heavy atom. The highest BCUT2D eigenvalue weighted by Gasteiger charge is 2.00. The van der Waals surface area contributed by atoms with Crippen LogP contribution in [0.2, 0.25) is 0 Å². The molecule has 62 valence electrons. The van der Waals surface area contributed by atoms with Crippen LogP contribution in [-0.2, 0) is 11.3 Å². The van der Waals surface area contributed by atoms with Gasteiger partial charge in [-0.25, -0.2) is 0 Å². The van der Waals surface area contributed by atoms with Crippen molar-refractivity contribution in [3.8, 4) is 0 Å². The Morgan fingerprint density at radius 3 is 2.91 bits per heavy atom. The summed E-state index contributed by atoms with van der Waals surface area (Å²) < 4.78 is 5.16. The normalized spacial score (nSPS) is 10.0. The molecular formula is C6H11N3OS. The highest BCUT2D eigenvalue weighted by molar-refractivity contribution is 7.15. The van der Waals surface area contributed by atoms with Crippen molar-refractivity contribution in [2.24, 2.45) is 0 Å². The average Bonchev–Trinajstić information content (AvgIpc) is 2.48. The number of nitrogens with zero attached hydrogens (tertiary/aromatic N) is 2. The molecule has 0 aliphatic carbocycles. The van der Waals surface area contributed by atoms with Crippen molar-refractivity contribution in [3.63, 3.8) is 0 Å². The molecule has 0 radical (unpaired) electrons. The Morgan fingerprint density at radius 2 is 2.36 bits per heavy atom. The Kier molecular flexibility index (Phi) is 3.25. The fraction of sp³-hybridized carbons (Fsp3) is 0.667. The van der Waals surface area contributed by atoms with E-state index in [0.29, 0.717) is 13.2 Å². The number of hydrogen-bond acceptors (Lipinski definition) is 5. The molecule has 0 bridgehead atoms. The molecule has 4 nitrogen and oxygen atoms in total. The maximum Gasteiger partial charge on any atom is 0.205 e. The summed E-state index contributed by atoms with van der Waals surface area (Å²) in [6, 6.07) is 0. The maximum atomic E-state index is 5.16. The zero-order chi connectivity index (χ0) is 8.10. The van der Waals surface area contributed by atoms with Gasteiger partial charge in [0, 0.05) is 13.7 Å². The molecule has 0 saturated carbocycles. The minimum atomic E-state index is 0.565. The van der Waals surface area contributed by atoms with Gasteiger partial charge in [-0.3, -0.25) is 0 Å². The molecule has 1 rings (SSSR count). The topological polar surface area (TPSA) is 47.0 Å². The third-order valence-corrected chi connectivity index (χ3v) is 2.02. The number of anilines is 1. The fourth-order valence-corrected chi connectivity index (χ4v) is 1.23. The fourth-order valence-electron chi connectivity index (χ4n) is 0.602. The maximum absolute atomic E-state index is 5.16. The lowest BCUT2D eigenvalue weighted by atomic mass is 10.7. The molecule has 0 saturated heterocycles. The SMILES string of the molecule is CCOCc1nnc(NC)s1. The first-order chi connectivity index (χ1) is 5.36.